The van der Waals surface area contributed by atoms with E-state index in [0.717, 1.165) is 17.2 Å². The van der Waals surface area contributed by atoms with Gasteiger partial charge in [0.15, 0.2) is 5.82 Å². The second kappa shape index (κ2) is 6.04. The molecule has 1 aromatic heterocycles. The van der Waals surface area contributed by atoms with E-state index in [4.69, 9.17) is 0 Å². The molecule has 5 nitrogen and oxygen atoms in total. The van der Waals surface area contributed by atoms with Crippen LogP contribution in [-0.2, 0) is 9.53 Å². The maximum absolute atomic E-state index is 13.3. The van der Waals surface area contributed by atoms with Crippen molar-refractivity contribution in [3.8, 4) is 0 Å². The second-order valence-corrected chi connectivity index (χ2v) is 3.52. The van der Waals surface area contributed by atoms with Crippen molar-refractivity contribution in [3.63, 3.8) is 0 Å². The number of rotatable bonds is 4. The van der Waals surface area contributed by atoms with Crippen LogP contribution >= 0.6 is 0 Å². The van der Waals surface area contributed by atoms with Gasteiger partial charge in [-0.15, -0.1) is 0 Å². The van der Waals surface area contributed by atoms with E-state index in [1.165, 1.54) is 14.2 Å². The zero-order valence-electron chi connectivity index (χ0n) is 9.94. The SMILES string of the molecule is COC(=O)CCN(C)C(=O)c1ccnc(F)c1F. The largest absolute Gasteiger partial charge is 0.469 e. The van der Waals surface area contributed by atoms with Crippen molar-refractivity contribution in [3.05, 3.63) is 29.6 Å². The quantitative estimate of drug-likeness (QED) is 0.597. The van der Waals surface area contributed by atoms with Crippen molar-refractivity contribution in [2.45, 2.75) is 6.42 Å². The smallest absolute Gasteiger partial charge is 0.307 e. The van der Waals surface area contributed by atoms with E-state index in [-0.39, 0.29) is 13.0 Å². The van der Waals surface area contributed by atoms with Crippen LogP contribution in [0.25, 0.3) is 0 Å². The molecule has 0 radical (unpaired) electrons. The minimum absolute atomic E-state index is 0.0199. The zero-order valence-corrected chi connectivity index (χ0v) is 9.94. The lowest BCUT2D eigenvalue weighted by molar-refractivity contribution is -0.140. The first kappa shape index (κ1) is 14.0. The number of hydrogen-bond donors (Lipinski definition) is 0. The first-order valence-corrected chi connectivity index (χ1v) is 5.09. The number of aromatic nitrogens is 1. The number of nitrogens with zero attached hydrogens (tertiary/aromatic N) is 2. The molecule has 0 saturated heterocycles. The van der Waals surface area contributed by atoms with Crippen LogP contribution in [0.15, 0.2) is 12.3 Å². The molecule has 1 aromatic rings. The number of carbonyl (C=O) groups is 2. The molecule has 0 unspecified atom stereocenters. The van der Waals surface area contributed by atoms with Crippen LogP contribution in [-0.4, -0.2) is 42.5 Å². The number of halogens is 2. The highest BCUT2D eigenvalue weighted by molar-refractivity contribution is 5.94. The fourth-order valence-electron chi connectivity index (χ4n) is 1.25. The fourth-order valence-corrected chi connectivity index (χ4v) is 1.25. The molecule has 0 atom stereocenters. The normalized spacial score (nSPS) is 10.0. The lowest BCUT2D eigenvalue weighted by atomic mass is 10.2. The Labute approximate surface area is 102 Å². The average molecular weight is 258 g/mol. The van der Waals surface area contributed by atoms with Gasteiger partial charge in [0, 0.05) is 19.8 Å². The molecule has 0 aliphatic heterocycles. The summed E-state index contributed by atoms with van der Waals surface area (Å²) in [4.78, 5) is 26.8. The Bertz CT molecular complexity index is 466. The summed E-state index contributed by atoms with van der Waals surface area (Å²) in [6.07, 6.45) is 0.980. The van der Waals surface area contributed by atoms with Crippen molar-refractivity contribution in [2.24, 2.45) is 0 Å². The molecule has 1 heterocycles. The van der Waals surface area contributed by atoms with E-state index in [9.17, 15) is 18.4 Å². The summed E-state index contributed by atoms with van der Waals surface area (Å²) in [6, 6.07) is 1.08. The molecular formula is C11H12F2N2O3. The third-order valence-electron chi connectivity index (χ3n) is 2.30. The van der Waals surface area contributed by atoms with Gasteiger partial charge in [0.1, 0.15) is 0 Å². The first-order valence-electron chi connectivity index (χ1n) is 5.09. The van der Waals surface area contributed by atoms with Gasteiger partial charge in [-0.2, -0.15) is 4.39 Å². The topological polar surface area (TPSA) is 59.5 Å². The summed E-state index contributed by atoms with van der Waals surface area (Å²) in [5.41, 5.74) is -0.421. The summed E-state index contributed by atoms with van der Waals surface area (Å²) in [7, 11) is 2.60. The van der Waals surface area contributed by atoms with Crippen LogP contribution in [0.1, 0.15) is 16.8 Å². The molecule has 0 aliphatic rings. The summed E-state index contributed by atoms with van der Waals surface area (Å²) >= 11 is 0. The van der Waals surface area contributed by atoms with E-state index >= 15 is 0 Å². The number of pyridine rings is 1. The van der Waals surface area contributed by atoms with Crippen molar-refractivity contribution < 1.29 is 23.1 Å². The molecule has 0 N–H and O–H groups in total. The van der Waals surface area contributed by atoms with Crippen LogP contribution in [0.4, 0.5) is 8.78 Å². The molecule has 0 fully saturated rings. The lowest BCUT2D eigenvalue weighted by Gasteiger charge is -2.16. The highest BCUT2D eigenvalue weighted by Gasteiger charge is 2.19. The Hall–Kier alpha value is -2.05. The van der Waals surface area contributed by atoms with Crippen LogP contribution in [0.5, 0.6) is 0 Å². The minimum Gasteiger partial charge on any atom is -0.469 e. The Morgan fingerprint density at radius 1 is 1.44 bits per heavy atom. The third kappa shape index (κ3) is 3.22. The molecule has 18 heavy (non-hydrogen) atoms. The second-order valence-electron chi connectivity index (χ2n) is 3.52. The Balaban J connectivity index is 2.74. The predicted octanol–water partition coefficient (Wildman–Crippen LogP) is 0.995. The minimum atomic E-state index is -1.33. The van der Waals surface area contributed by atoms with Gasteiger partial charge in [0.05, 0.1) is 19.1 Å². The van der Waals surface area contributed by atoms with Crippen molar-refractivity contribution in [1.29, 1.82) is 0 Å². The van der Waals surface area contributed by atoms with Crippen molar-refractivity contribution in [1.82, 2.24) is 9.88 Å². The molecule has 1 rings (SSSR count). The van der Waals surface area contributed by atoms with Gasteiger partial charge in [0.25, 0.3) is 5.91 Å². The van der Waals surface area contributed by atoms with Gasteiger partial charge in [0.2, 0.25) is 5.95 Å². The van der Waals surface area contributed by atoms with E-state index in [1.54, 1.807) is 0 Å². The van der Waals surface area contributed by atoms with Crippen LogP contribution in [0.3, 0.4) is 0 Å². The molecule has 0 aliphatic carbocycles. The number of ether oxygens (including phenoxy) is 1. The molecule has 0 bridgehead atoms. The van der Waals surface area contributed by atoms with Gasteiger partial charge in [-0.05, 0) is 6.07 Å². The standard InChI is InChI=1S/C11H12F2N2O3/c1-15(6-4-8(16)18-2)11(17)7-3-5-14-10(13)9(7)12/h3,5H,4,6H2,1-2H3. The maximum Gasteiger partial charge on any atom is 0.307 e. The Kier molecular flexibility index (Phi) is 4.70. The van der Waals surface area contributed by atoms with E-state index < -0.39 is 29.2 Å². The van der Waals surface area contributed by atoms with E-state index in [1.807, 2.05) is 0 Å². The molecule has 0 spiro atoms. The van der Waals surface area contributed by atoms with E-state index in [0.29, 0.717) is 0 Å². The predicted molar refractivity (Wildman–Crippen MR) is 57.7 cm³/mol. The van der Waals surface area contributed by atoms with Crippen LogP contribution in [0, 0.1) is 11.8 Å². The number of esters is 1. The maximum atomic E-state index is 13.3. The summed E-state index contributed by atoms with van der Waals surface area (Å²) in [5.74, 6) is -3.84. The van der Waals surface area contributed by atoms with E-state index in [2.05, 4.69) is 9.72 Å². The Morgan fingerprint density at radius 3 is 2.72 bits per heavy atom. The third-order valence-corrected chi connectivity index (χ3v) is 2.30. The van der Waals surface area contributed by atoms with Gasteiger partial charge >= 0.3 is 5.97 Å². The summed E-state index contributed by atoms with van der Waals surface area (Å²) < 4.78 is 30.5. The van der Waals surface area contributed by atoms with Gasteiger partial charge in [-0.3, -0.25) is 9.59 Å². The molecular weight excluding hydrogens is 246 g/mol. The molecule has 1 amide bonds. The zero-order chi connectivity index (χ0) is 13.7. The monoisotopic (exact) mass is 258 g/mol. The van der Waals surface area contributed by atoms with Crippen molar-refractivity contribution in [2.75, 3.05) is 20.7 Å². The molecule has 98 valence electrons. The highest BCUT2D eigenvalue weighted by atomic mass is 19.2. The number of carbonyl (C=O) groups excluding carboxylic acids is 2. The number of methoxy groups -OCH3 is 1. The van der Waals surface area contributed by atoms with Gasteiger partial charge in [-0.25, -0.2) is 9.37 Å². The van der Waals surface area contributed by atoms with Gasteiger partial charge < -0.3 is 9.64 Å². The lowest BCUT2D eigenvalue weighted by Crippen LogP contribution is -2.30. The summed E-state index contributed by atoms with van der Waals surface area (Å²) in [6.45, 7) is 0.0505. The fraction of sp³-hybridized carbons (Fsp3) is 0.364. The average Bonchev–Trinajstić information content (AvgIpc) is 2.37. The van der Waals surface area contributed by atoms with Crippen LogP contribution < -0.4 is 0 Å². The molecule has 0 aromatic carbocycles. The first-order chi connectivity index (χ1) is 8.47. The number of hydrogen-bond acceptors (Lipinski definition) is 4. The van der Waals surface area contributed by atoms with Crippen molar-refractivity contribution >= 4 is 11.9 Å². The highest BCUT2D eigenvalue weighted by Crippen LogP contribution is 2.11. The van der Waals surface area contributed by atoms with Crippen LogP contribution in [0.2, 0.25) is 0 Å². The van der Waals surface area contributed by atoms with Gasteiger partial charge in [-0.1, -0.05) is 0 Å². The number of amides is 1. The molecule has 0 saturated carbocycles. The summed E-state index contributed by atoms with van der Waals surface area (Å²) in [5, 5.41) is 0. The molecule has 7 heteroatoms. The Morgan fingerprint density at radius 2 is 2.11 bits per heavy atom.